The van der Waals surface area contributed by atoms with Gasteiger partial charge in [-0.25, -0.2) is 15.0 Å². The molecule has 3 heteroatoms. The molecule has 0 N–H and O–H groups in total. The van der Waals surface area contributed by atoms with Gasteiger partial charge in [-0.15, -0.1) is 0 Å². The van der Waals surface area contributed by atoms with Crippen molar-refractivity contribution >= 4 is 0 Å². The third kappa shape index (κ3) is 4.94. The van der Waals surface area contributed by atoms with Gasteiger partial charge in [0.05, 0.1) is 0 Å². The van der Waals surface area contributed by atoms with Gasteiger partial charge < -0.3 is 0 Å². The lowest BCUT2D eigenvalue weighted by Gasteiger charge is -2.48. The molecule has 1 heterocycles. The summed E-state index contributed by atoms with van der Waals surface area (Å²) in [5.74, 6) is 1.97. The van der Waals surface area contributed by atoms with Gasteiger partial charge in [0.15, 0.2) is 17.5 Å². The van der Waals surface area contributed by atoms with Gasteiger partial charge >= 0.3 is 0 Å². The first-order chi connectivity index (χ1) is 23.3. The molecule has 0 aliphatic heterocycles. The highest BCUT2D eigenvalue weighted by atomic mass is 15.0. The van der Waals surface area contributed by atoms with E-state index in [0.29, 0.717) is 17.5 Å². The summed E-state index contributed by atoms with van der Waals surface area (Å²) in [5, 5.41) is 0. The Kier molecular flexibility index (Phi) is 7.14. The predicted octanol–water partition coefficient (Wildman–Crippen LogP) is 11.4. The minimum atomic E-state index is -0.0783. The number of fused-ring (bicyclic) bond motifs is 3. The van der Waals surface area contributed by atoms with Gasteiger partial charge in [-0.2, -0.15) is 0 Å². The third-order valence-electron chi connectivity index (χ3n) is 10.5. The SMILES string of the molecule is CC1(C)c2ccc(-c3ccccc3)cc2-c2cc(-c3ccccc3-c3nc(-c4ccccc4)nc(-c4ccccc4)n3)ccc2C1(C)C. The number of hydrogen-bond acceptors (Lipinski definition) is 3. The maximum atomic E-state index is 5.07. The molecule has 1 aliphatic rings. The van der Waals surface area contributed by atoms with Gasteiger partial charge in [-0.3, -0.25) is 0 Å². The summed E-state index contributed by atoms with van der Waals surface area (Å²) in [6.07, 6.45) is 0. The molecular formula is C45H37N3. The zero-order chi connectivity index (χ0) is 32.9. The maximum Gasteiger partial charge on any atom is 0.164 e. The van der Waals surface area contributed by atoms with Crippen LogP contribution in [0.25, 0.3) is 67.5 Å². The van der Waals surface area contributed by atoms with Crippen LogP contribution < -0.4 is 0 Å². The minimum Gasteiger partial charge on any atom is -0.208 e. The summed E-state index contributed by atoms with van der Waals surface area (Å²) < 4.78 is 0. The van der Waals surface area contributed by atoms with E-state index < -0.39 is 0 Å². The van der Waals surface area contributed by atoms with E-state index in [1.807, 2.05) is 60.7 Å². The molecule has 48 heavy (non-hydrogen) atoms. The summed E-state index contributed by atoms with van der Waals surface area (Å²) in [6.45, 7) is 9.54. The highest BCUT2D eigenvalue weighted by Crippen LogP contribution is 2.55. The fraction of sp³-hybridized carbons (Fsp3) is 0.133. The van der Waals surface area contributed by atoms with Crippen molar-refractivity contribution in [2.45, 2.75) is 38.5 Å². The first-order valence-electron chi connectivity index (χ1n) is 16.6. The largest absolute Gasteiger partial charge is 0.208 e. The molecule has 1 aliphatic carbocycles. The van der Waals surface area contributed by atoms with E-state index in [9.17, 15) is 0 Å². The molecule has 0 unspecified atom stereocenters. The Hall–Kier alpha value is -5.67. The molecule has 1 aromatic heterocycles. The molecular weight excluding hydrogens is 583 g/mol. The van der Waals surface area contributed by atoms with Crippen molar-refractivity contribution < 1.29 is 0 Å². The average molecular weight is 620 g/mol. The van der Waals surface area contributed by atoms with Crippen LogP contribution in [0, 0.1) is 0 Å². The number of rotatable bonds is 5. The Bertz CT molecular complexity index is 2210. The van der Waals surface area contributed by atoms with E-state index in [1.54, 1.807) is 0 Å². The highest BCUT2D eigenvalue weighted by Gasteiger charge is 2.45. The Balaban J connectivity index is 1.32. The Morgan fingerprint density at radius 1 is 0.312 bits per heavy atom. The molecule has 0 saturated heterocycles. The number of hydrogen-bond donors (Lipinski definition) is 0. The second-order valence-electron chi connectivity index (χ2n) is 13.7. The van der Waals surface area contributed by atoms with E-state index in [0.717, 1.165) is 27.8 Å². The van der Waals surface area contributed by atoms with E-state index in [-0.39, 0.29) is 10.8 Å². The molecule has 0 spiro atoms. The fourth-order valence-electron chi connectivity index (χ4n) is 7.13. The summed E-state index contributed by atoms with van der Waals surface area (Å²) in [6, 6.07) is 53.5. The molecule has 0 amide bonds. The molecule has 6 aromatic carbocycles. The van der Waals surface area contributed by atoms with Crippen LogP contribution in [0.1, 0.15) is 38.8 Å². The highest BCUT2D eigenvalue weighted by molar-refractivity contribution is 5.88. The lowest BCUT2D eigenvalue weighted by molar-refractivity contribution is 0.299. The van der Waals surface area contributed by atoms with Gasteiger partial charge in [-0.05, 0) is 67.5 Å². The molecule has 0 fully saturated rings. The molecule has 0 atom stereocenters. The maximum absolute atomic E-state index is 5.07. The molecule has 0 bridgehead atoms. The average Bonchev–Trinajstić information content (AvgIpc) is 3.14. The summed E-state index contributed by atoms with van der Waals surface area (Å²) in [5.41, 5.74) is 12.8. The van der Waals surface area contributed by atoms with Crippen LogP contribution >= 0.6 is 0 Å². The Morgan fingerprint density at radius 3 is 1.23 bits per heavy atom. The Morgan fingerprint density at radius 2 is 0.708 bits per heavy atom. The quantitative estimate of drug-likeness (QED) is 0.192. The number of nitrogens with zero attached hydrogens (tertiary/aromatic N) is 3. The van der Waals surface area contributed by atoms with Crippen LogP contribution in [0.4, 0.5) is 0 Å². The minimum absolute atomic E-state index is 0.0590. The standard InChI is InChI=1S/C45H37N3/c1-44(2)39-26-24-33(30-16-8-5-9-17-30)28-37(39)38-29-34(25-27-40(38)45(44,3)4)35-22-14-15-23-36(35)43-47-41(31-18-10-6-11-19-31)46-42(48-43)32-20-12-7-13-21-32/h5-29H,1-4H3. The first kappa shape index (κ1) is 29.7. The number of benzene rings is 6. The van der Waals surface area contributed by atoms with Crippen molar-refractivity contribution in [2.75, 3.05) is 0 Å². The topological polar surface area (TPSA) is 38.7 Å². The van der Waals surface area contributed by atoms with Crippen LogP contribution in [-0.4, -0.2) is 15.0 Å². The van der Waals surface area contributed by atoms with Gasteiger partial charge in [0.2, 0.25) is 0 Å². The Labute approximate surface area is 283 Å². The van der Waals surface area contributed by atoms with E-state index in [1.165, 1.54) is 33.4 Å². The summed E-state index contributed by atoms with van der Waals surface area (Å²) in [7, 11) is 0. The smallest absolute Gasteiger partial charge is 0.164 e. The second kappa shape index (κ2) is 11.5. The molecule has 0 radical (unpaired) electrons. The van der Waals surface area contributed by atoms with Gasteiger partial charge in [0.25, 0.3) is 0 Å². The van der Waals surface area contributed by atoms with Gasteiger partial charge in [0, 0.05) is 16.7 Å². The third-order valence-corrected chi connectivity index (χ3v) is 10.5. The predicted molar refractivity (Wildman–Crippen MR) is 198 cm³/mol. The molecule has 232 valence electrons. The van der Waals surface area contributed by atoms with Crippen LogP contribution in [0.2, 0.25) is 0 Å². The second-order valence-corrected chi connectivity index (χ2v) is 13.7. The van der Waals surface area contributed by atoms with E-state index in [2.05, 4.69) is 119 Å². The van der Waals surface area contributed by atoms with Crippen molar-refractivity contribution in [3.05, 3.63) is 163 Å². The van der Waals surface area contributed by atoms with Crippen LogP contribution in [-0.2, 0) is 10.8 Å². The summed E-state index contributed by atoms with van der Waals surface area (Å²) >= 11 is 0. The van der Waals surface area contributed by atoms with E-state index in [4.69, 9.17) is 15.0 Å². The normalized spacial score (nSPS) is 14.2. The first-order valence-corrected chi connectivity index (χ1v) is 16.6. The number of aromatic nitrogens is 3. The van der Waals surface area contributed by atoms with Crippen molar-refractivity contribution in [3.63, 3.8) is 0 Å². The van der Waals surface area contributed by atoms with E-state index >= 15 is 0 Å². The van der Waals surface area contributed by atoms with Crippen molar-refractivity contribution in [1.29, 1.82) is 0 Å². The zero-order valence-corrected chi connectivity index (χ0v) is 27.8. The van der Waals surface area contributed by atoms with Crippen molar-refractivity contribution in [2.24, 2.45) is 0 Å². The monoisotopic (exact) mass is 619 g/mol. The van der Waals surface area contributed by atoms with Crippen LogP contribution in [0.3, 0.4) is 0 Å². The zero-order valence-electron chi connectivity index (χ0n) is 27.8. The molecule has 3 nitrogen and oxygen atoms in total. The van der Waals surface area contributed by atoms with Crippen LogP contribution in [0.5, 0.6) is 0 Å². The van der Waals surface area contributed by atoms with Crippen LogP contribution in [0.15, 0.2) is 152 Å². The summed E-state index contributed by atoms with van der Waals surface area (Å²) in [4.78, 5) is 15.1. The van der Waals surface area contributed by atoms with Crippen molar-refractivity contribution in [1.82, 2.24) is 15.0 Å². The van der Waals surface area contributed by atoms with Crippen molar-refractivity contribution in [3.8, 4) is 67.5 Å². The van der Waals surface area contributed by atoms with Gasteiger partial charge in [0.1, 0.15) is 0 Å². The fourth-order valence-corrected chi connectivity index (χ4v) is 7.13. The lowest BCUT2D eigenvalue weighted by atomic mass is 9.55. The van der Waals surface area contributed by atoms with Gasteiger partial charge in [-0.1, -0.05) is 167 Å². The lowest BCUT2D eigenvalue weighted by Crippen LogP contribution is -2.43. The molecule has 7 aromatic rings. The molecule has 8 rings (SSSR count). The molecule has 0 saturated carbocycles.